The maximum Gasteiger partial charge on any atom is 0.345 e. The van der Waals surface area contributed by atoms with Crippen molar-refractivity contribution in [2.24, 2.45) is 0 Å². The highest BCUT2D eigenvalue weighted by molar-refractivity contribution is 7.14. The van der Waals surface area contributed by atoms with E-state index in [1.54, 1.807) is 6.07 Å². The average Bonchev–Trinajstić information content (AvgIpc) is 2.95. The quantitative estimate of drug-likeness (QED) is 0.788. The third-order valence-corrected chi connectivity index (χ3v) is 4.58. The van der Waals surface area contributed by atoms with E-state index in [0.29, 0.717) is 11.4 Å². The van der Waals surface area contributed by atoms with Gasteiger partial charge in [0.25, 0.3) is 0 Å². The van der Waals surface area contributed by atoms with Gasteiger partial charge in [0.05, 0.1) is 0 Å². The highest BCUT2D eigenvalue weighted by Crippen LogP contribution is 2.25. The van der Waals surface area contributed by atoms with Gasteiger partial charge in [-0.3, -0.25) is 0 Å². The molecular formula is C16H15NO2S. The summed E-state index contributed by atoms with van der Waals surface area (Å²) in [5.74, 6) is -0.849. The average molecular weight is 285 g/mol. The number of carboxylic acids is 1. The molecule has 102 valence electrons. The van der Waals surface area contributed by atoms with E-state index in [-0.39, 0.29) is 0 Å². The molecule has 0 fully saturated rings. The minimum absolute atomic E-state index is 0.408. The molecule has 0 atom stereocenters. The van der Waals surface area contributed by atoms with E-state index >= 15 is 0 Å². The van der Waals surface area contributed by atoms with Gasteiger partial charge < -0.3 is 9.67 Å². The fraction of sp³-hybridized carbons (Fsp3) is 0.188. The molecule has 0 aliphatic carbocycles. The molecule has 0 amide bonds. The van der Waals surface area contributed by atoms with Gasteiger partial charge in [0, 0.05) is 23.1 Å². The van der Waals surface area contributed by atoms with Crippen LogP contribution in [0.1, 0.15) is 25.7 Å². The third-order valence-electron chi connectivity index (χ3n) is 3.50. The summed E-state index contributed by atoms with van der Waals surface area (Å²) in [6, 6.07) is 10.3. The standard InChI is InChI=1S/C16H15NO2S/c1-10-3-4-12-5-6-17(14(12)7-10)9-13-8-15(16(18)19)20-11(13)2/h3-8H,9H2,1-2H3,(H,18,19). The first-order valence-corrected chi connectivity index (χ1v) is 7.24. The molecule has 0 unspecified atom stereocenters. The van der Waals surface area contributed by atoms with Gasteiger partial charge in [0.2, 0.25) is 0 Å². The van der Waals surface area contributed by atoms with Crippen molar-refractivity contribution in [1.82, 2.24) is 4.57 Å². The SMILES string of the molecule is Cc1ccc2ccn(Cc3cc(C(=O)O)sc3C)c2c1. The van der Waals surface area contributed by atoms with Crippen molar-refractivity contribution >= 4 is 28.2 Å². The molecule has 3 nitrogen and oxygen atoms in total. The van der Waals surface area contributed by atoms with E-state index in [4.69, 9.17) is 5.11 Å². The van der Waals surface area contributed by atoms with Gasteiger partial charge in [0.1, 0.15) is 4.88 Å². The van der Waals surface area contributed by atoms with Crippen molar-refractivity contribution in [3.05, 3.63) is 57.4 Å². The monoisotopic (exact) mass is 285 g/mol. The summed E-state index contributed by atoms with van der Waals surface area (Å²) in [7, 11) is 0. The van der Waals surface area contributed by atoms with Crippen molar-refractivity contribution in [3.63, 3.8) is 0 Å². The molecule has 0 saturated carbocycles. The summed E-state index contributed by atoms with van der Waals surface area (Å²) >= 11 is 1.34. The van der Waals surface area contributed by atoms with Gasteiger partial charge in [-0.05, 0) is 48.6 Å². The lowest BCUT2D eigenvalue weighted by atomic mass is 10.2. The summed E-state index contributed by atoms with van der Waals surface area (Å²) in [5.41, 5.74) is 3.49. The Morgan fingerprint density at radius 3 is 2.75 bits per heavy atom. The number of thiophene rings is 1. The first-order valence-electron chi connectivity index (χ1n) is 6.42. The van der Waals surface area contributed by atoms with Crippen LogP contribution in [0.25, 0.3) is 10.9 Å². The van der Waals surface area contributed by atoms with Crippen LogP contribution in [0.2, 0.25) is 0 Å². The molecule has 0 aliphatic heterocycles. The number of rotatable bonds is 3. The normalized spacial score (nSPS) is 11.1. The number of benzene rings is 1. The lowest BCUT2D eigenvalue weighted by molar-refractivity contribution is 0.0702. The molecule has 20 heavy (non-hydrogen) atoms. The molecule has 2 aromatic heterocycles. The maximum atomic E-state index is 11.0. The van der Waals surface area contributed by atoms with Gasteiger partial charge in [0.15, 0.2) is 0 Å². The number of fused-ring (bicyclic) bond motifs is 1. The summed E-state index contributed by atoms with van der Waals surface area (Å²) in [4.78, 5) is 12.5. The Balaban J connectivity index is 2.01. The van der Waals surface area contributed by atoms with Gasteiger partial charge in [-0.15, -0.1) is 11.3 Å². The number of hydrogen-bond donors (Lipinski definition) is 1. The molecule has 0 spiro atoms. The maximum absolute atomic E-state index is 11.0. The molecule has 0 radical (unpaired) electrons. The smallest absolute Gasteiger partial charge is 0.345 e. The Kier molecular flexibility index (Phi) is 3.10. The minimum atomic E-state index is -0.849. The Morgan fingerprint density at radius 1 is 1.25 bits per heavy atom. The van der Waals surface area contributed by atoms with E-state index < -0.39 is 5.97 Å². The van der Waals surface area contributed by atoms with E-state index in [9.17, 15) is 4.79 Å². The van der Waals surface area contributed by atoms with Crippen LogP contribution in [0.3, 0.4) is 0 Å². The molecular weight excluding hydrogens is 270 g/mol. The van der Waals surface area contributed by atoms with Crippen LogP contribution in [0.5, 0.6) is 0 Å². The minimum Gasteiger partial charge on any atom is -0.477 e. The molecule has 0 saturated heterocycles. The highest BCUT2D eigenvalue weighted by Gasteiger charge is 2.12. The summed E-state index contributed by atoms with van der Waals surface area (Å²) in [6.45, 7) is 4.76. The highest BCUT2D eigenvalue weighted by atomic mass is 32.1. The van der Waals surface area contributed by atoms with Gasteiger partial charge in [-0.1, -0.05) is 12.1 Å². The zero-order valence-corrected chi connectivity index (χ0v) is 12.2. The van der Waals surface area contributed by atoms with Crippen LogP contribution < -0.4 is 0 Å². The summed E-state index contributed by atoms with van der Waals surface area (Å²) < 4.78 is 2.17. The molecule has 0 bridgehead atoms. The Labute approximate surface area is 121 Å². The second kappa shape index (κ2) is 4.80. The number of hydrogen-bond acceptors (Lipinski definition) is 2. The zero-order chi connectivity index (χ0) is 14.3. The molecule has 1 N–H and O–H groups in total. The lowest BCUT2D eigenvalue weighted by Gasteiger charge is -2.05. The molecule has 3 aromatic rings. The fourth-order valence-electron chi connectivity index (χ4n) is 2.40. The lowest BCUT2D eigenvalue weighted by Crippen LogP contribution is -1.98. The van der Waals surface area contributed by atoms with Crippen molar-refractivity contribution in [3.8, 4) is 0 Å². The predicted molar refractivity (Wildman–Crippen MR) is 81.8 cm³/mol. The van der Waals surface area contributed by atoms with Crippen LogP contribution >= 0.6 is 11.3 Å². The van der Waals surface area contributed by atoms with Gasteiger partial charge >= 0.3 is 5.97 Å². The number of aromatic nitrogens is 1. The van der Waals surface area contributed by atoms with Gasteiger partial charge in [-0.2, -0.15) is 0 Å². The predicted octanol–water partition coefficient (Wildman–Crippen LogP) is 4.07. The summed E-state index contributed by atoms with van der Waals surface area (Å²) in [6.07, 6.45) is 2.06. The Hall–Kier alpha value is -2.07. The summed E-state index contributed by atoms with van der Waals surface area (Å²) in [5, 5.41) is 10.3. The molecule has 2 heterocycles. The van der Waals surface area contributed by atoms with Gasteiger partial charge in [-0.25, -0.2) is 4.79 Å². The topological polar surface area (TPSA) is 42.2 Å². The second-order valence-corrected chi connectivity index (χ2v) is 6.26. The second-order valence-electron chi connectivity index (χ2n) is 5.00. The molecule has 4 heteroatoms. The molecule has 0 aliphatic rings. The first kappa shape index (κ1) is 12.9. The molecule has 1 aromatic carbocycles. The third kappa shape index (κ3) is 2.23. The molecule has 3 rings (SSSR count). The Morgan fingerprint density at radius 2 is 2.05 bits per heavy atom. The number of nitrogens with zero attached hydrogens (tertiary/aromatic N) is 1. The van der Waals surface area contributed by atoms with Crippen molar-refractivity contribution in [2.45, 2.75) is 20.4 Å². The van der Waals surface area contributed by atoms with E-state index in [0.717, 1.165) is 10.4 Å². The number of aromatic carboxylic acids is 1. The number of aryl methyl sites for hydroxylation is 2. The van der Waals surface area contributed by atoms with E-state index in [2.05, 4.69) is 42.0 Å². The number of carbonyl (C=O) groups is 1. The van der Waals surface area contributed by atoms with Crippen LogP contribution in [-0.4, -0.2) is 15.6 Å². The Bertz CT molecular complexity index is 798. The number of carboxylic acid groups (broad SMARTS) is 1. The van der Waals surface area contributed by atoms with Crippen molar-refractivity contribution < 1.29 is 9.90 Å². The zero-order valence-electron chi connectivity index (χ0n) is 11.4. The van der Waals surface area contributed by atoms with E-state index in [1.807, 2.05) is 6.92 Å². The van der Waals surface area contributed by atoms with E-state index in [1.165, 1.54) is 27.8 Å². The van der Waals surface area contributed by atoms with Crippen LogP contribution in [-0.2, 0) is 6.54 Å². The largest absolute Gasteiger partial charge is 0.477 e. The first-order chi connectivity index (χ1) is 9.54. The van der Waals surface area contributed by atoms with Crippen LogP contribution in [0, 0.1) is 13.8 Å². The van der Waals surface area contributed by atoms with Crippen molar-refractivity contribution in [1.29, 1.82) is 0 Å². The van der Waals surface area contributed by atoms with Crippen LogP contribution in [0.15, 0.2) is 36.5 Å². The fourth-order valence-corrected chi connectivity index (χ4v) is 3.27. The van der Waals surface area contributed by atoms with Crippen molar-refractivity contribution in [2.75, 3.05) is 0 Å². The van der Waals surface area contributed by atoms with Crippen LogP contribution in [0.4, 0.5) is 0 Å².